The molecule has 3 rings (SSSR count). The summed E-state index contributed by atoms with van der Waals surface area (Å²) in [5, 5.41) is 12.0. The molecular weight excluding hydrogens is 638 g/mol. The molecule has 1 heterocycles. The van der Waals surface area contributed by atoms with Gasteiger partial charge in [-0.2, -0.15) is 5.26 Å². The van der Waals surface area contributed by atoms with Gasteiger partial charge >= 0.3 is 6.09 Å². The zero-order valence-corrected chi connectivity index (χ0v) is 29.4. The van der Waals surface area contributed by atoms with Gasteiger partial charge in [0.2, 0.25) is 11.8 Å². The van der Waals surface area contributed by atoms with Gasteiger partial charge in [-0.05, 0) is 32.9 Å². The first-order valence-electron chi connectivity index (χ1n) is 15.6. The lowest BCUT2D eigenvalue weighted by Gasteiger charge is -2.33. The van der Waals surface area contributed by atoms with Gasteiger partial charge in [-0.1, -0.05) is 13.8 Å². The smallest absolute Gasteiger partial charge is 0.410 e. The lowest BCUT2D eigenvalue weighted by molar-refractivity contribution is -0.132. The summed E-state index contributed by atoms with van der Waals surface area (Å²) < 4.78 is 17.4. The number of likely N-dealkylation sites (N-methyl/N-ethyl adjacent to an activating group) is 1. The van der Waals surface area contributed by atoms with Gasteiger partial charge in [-0.15, -0.1) is 11.3 Å². The number of hydrogen-bond acceptors (Lipinski definition) is 11. The number of allylic oxidation sites excluding steroid dienone is 4. The van der Waals surface area contributed by atoms with E-state index in [0.717, 1.165) is 0 Å². The fourth-order valence-corrected chi connectivity index (χ4v) is 5.96. The number of aromatic nitrogens is 1. The lowest BCUT2D eigenvalue weighted by Crippen LogP contribution is -2.43. The summed E-state index contributed by atoms with van der Waals surface area (Å²) >= 11 is 1.19. The fourth-order valence-electron chi connectivity index (χ4n) is 5.17. The monoisotopic (exact) mass is 681 g/mol. The first kappa shape index (κ1) is 38.0. The Kier molecular flexibility index (Phi) is 13.5. The van der Waals surface area contributed by atoms with Crippen LogP contribution in [0.15, 0.2) is 40.5 Å². The minimum Gasteiger partial charge on any atom is -0.410 e. The molecule has 1 aromatic heterocycles. The zero-order chi connectivity index (χ0) is 35.6. The highest BCUT2D eigenvalue weighted by molar-refractivity contribution is 7.19. The molecule has 13 nitrogen and oxygen atoms in total. The van der Waals surface area contributed by atoms with E-state index in [0.29, 0.717) is 37.5 Å². The van der Waals surface area contributed by atoms with Crippen molar-refractivity contribution in [2.75, 3.05) is 60.2 Å². The zero-order valence-electron chi connectivity index (χ0n) is 28.6. The summed E-state index contributed by atoms with van der Waals surface area (Å²) in [5.74, 6) is -0.521. The van der Waals surface area contributed by atoms with E-state index >= 15 is 0 Å². The summed E-state index contributed by atoms with van der Waals surface area (Å²) in [6, 6.07) is 6.91. The van der Waals surface area contributed by atoms with Crippen LogP contribution in [-0.2, 0) is 28.7 Å². The molecule has 0 radical (unpaired) electrons. The molecule has 2 aromatic rings. The number of benzene rings is 1. The average molecular weight is 682 g/mol. The molecule has 0 saturated heterocycles. The Bertz CT molecular complexity index is 1670. The molecule has 1 N–H and O–H groups in total. The van der Waals surface area contributed by atoms with Crippen molar-refractivity contribution < 1.29 is 38.2 Å². The van der Waals surface area contributed by atoms with Gasteiger partial charge in [0.05, 0.1) is 36.6 Å². The highest BCUT2D eigenvalue weighted by Gasteiger charge is 2.38. The number of carbonyl (C=O) groups excluding carboxylic acids is 5. The Labute approximate surface area is 284 Å². The largest absolute Gasteiger partial charge is 0.415 e. The van der Waals surface area contributed by atoms with Crippen molar-refractivity contribution in [3.8, 4) is 11.8 Å². The van der Waals surface area contributed by atoms with Gasteiger partial charge in [0, 0.05) is 80.3 Å². The quantitative estimate of drug-likeness (QED) is 0.203. The number of fused-ring (bicyclic) bond motifs is 1. The van der Waals surface area contributed by atoms with Crippen LogP contribution in [-0.4, -0.2) is 104 Å². The van der Waals surface area contributed by atoms with E-state index in [1.165, 1.54) is 21.1 Å². The van der Waals surface area contributed by atoms with Crippen molar-refractivity contribution in [3.05, 3.63) is 45.5 Å². The van der Waals surface area contributed by atoms with Crippen molar-refractivity contribution in [2.45, 2.75) is 47.5 Å². The summed E-state index contributed by atoms with van der Waals surface area (Å²) in [7, 11) is 3.17. The normalized spacial score (nSPS) is 13.5. The third-order valence-electron chi connectivity index (χ3n) is 8.14. The van der Waals surface area contributed by atoms with Crippen LogP contribution in [0.4, 0.5) is 4.79 Å². The number of carbonyl (C=O) groups is 5. The van der Waals surface area contributed by atoms with Crippen molar-refractivity contribution >= 4 is 51.0 Å². The Balaban J connectivity index is 1.64. The van der Waals surface area contributed by atoms with Gasteiger partial charge in [0.1, 0.15) is 11.8 Å². The first-order valence-corrected chi connectivity index (χ1v) is 16.4. The minimum absolute atomic E-state index is 0.0193. The molecule has 48 heavy (non-hydrogen) atoms. The van der Waals surface area contributed by atoms with Crippen molar-refractivity contribution in [3.63, 3.8) is 0 Å². The van der Waals surface area contributed by atoms with Crippen LogP contribution in [0, 0.1) is 16.7 Å². The second kappa shape index (κ2) is 17.1. The number of Topliss-reactive ketones (excluding diaryl/α,β-unsaturated/α-hetero) is 2. The second-order valence-corrected chi connectivity index (χ2v) is 13.1. The number of nitrogens with one attached hydrogen (secondary N) is 1. The van der Waals surface area contributed by atoms with E-state index in [9.17, 15) is 24.0 Å². The van der Waals surface area contributed by atoms with Gasteiger partial charge in [-0.25, -0.2) is 9.78 Å². The van der Waals surface area contributed by atoms with Crippen LogP contribution in [0.25, 0.3) is 10.2 Å². The molecule has 1 aliphatic rings. The molecule has 0 spiro atoms. The van der Waals surface area contributed by atoms with Crippen molar-refractivity contribution in [1.29, 1.82) is 5.26 Å². The van der Waals surface area contributed by atoms with E-state index in [-0.39, 0.29) is 88.0 Å². The number of amides is 3. The van der Waals surface area contributed by atoms with Gasteiger partial charge in [-0.3, -0.25) is 19.2 Å². The minimum atomic E-state index is -0.903. The van der Waals surface area contributed by atoms with Gasteiger partial charge in [0.25, 0.3) is 0 Å². The molecule has 0 aliphatic heterocycles. The predicted molar refractivity (Wildman–Crippen MR) is 179 cm³/mol. The Hall–Kier alpha value is -4.45. The SMILES string of the molecule is CNC(=O)CCOCCOCCN(CCN(C)C(=O)CC(C)(C)C1=C(C)C(=O)C(C)=C(C)C1=O)C(=O)Oc1ccc2nc(C#N)sc2c1. The maximum Gasteiger partial charge on any atom is 0.415 e. The predicted octanol–water partition coefficient (Wildman–Crippen LogP) is 3.82. The lowest BCUT2D eigenvalue weighted by atomic mass is 9.71. The Morgan fingerprint density at radius 2 is 1.62 bits per heavy atom. The van der Waals surface area contributed by atoms with E-state index in [4.69, 9.17) is 19.5 Å². The Morgan fingerprint density at radius 1 is 0.958 bits per heavy atom. The van der Waals surface area contributed by atoms with Crippen LogP contribution in [0.5, 0.6) is 5.75 Å². The summed E-state index contributed by atoms with van der Waals surface area (Å²) in [6.07, 6.45) is -0.433. The molecular formula is C34H43N5O8S. The Morgan fingerprint density at radius 3 is 2.29 bits per heavy atom. The molecule has 0 unspecified atom stereocenters. The number of nitrogens with zero attached hydrogens (tertiary/aromatic N) is 4. The summed E-state index contributed by atoms with van der Waals surface area (Å²) in [5.41, 5.74) is 1.23. The molecule has 0 fully saturated rings. The van der Waals surface area contributed by atoms with Crippen LogP contribution >= 0.6 is 11.3 Å². The fraction of sp³-hybridized carbons (Fsp3) is 0.500. The summed E-state index contributed by atoms with van der Waals surface area (Å²) in [4.78, 5) is 71.0. The molecule has 0 atom stereocenters. The maximum atomic E-state index is 13.4. The number of ketones is 2. The van der Waals surface area contributed by atoms with Crippen LogP contribution in [0.3, 0.4) is 0 Å². The molecule has 1 aliphatic carbocycles. The van der Waals surface area contributed by atoms with E-state index < -0.39 is 11.5 Å². The van der Waals surface area contributed by atoms with Gasteiger partial charge in [0.15, 0.2) is 16.6 Å². The standard InChI is InChI=1S/C34H43N5O8S/c1-21-22(2)32(43)30(23(3)31(21)42)34(4,5)19-29(41)38(7)11-12-39(13-15-46-17-16-45-14-10-27(40)36-6)33(44)47-24-8-9-25-26(18-24)48-28(20-35)37-25/h8-9,18H,10-17,19H2,1-7H3,(H,36,40). The highest BCUT2D eigenvalue weighted by atomic mass is 32.1. The third kappa shape index (κ3) is 9.79. The molecule has 1 aromatic carbocycles. The number of thiazole rings is 1. The van der Waals surface area contributed by atoms with Crippen LogP contribution in [0.2, 0.25) is 0 Å². The molecule has 258 valence electrons. The number of hydrogen-bond donors (Lipinski definition) is 1. The van der Waals surface area contributed by atoms with Crippen LogP contribution < -0.4 is 10.1 Å². The molecule has 0 saturated carbocycles. The molecule has 3 amide bonds. The number of rotatable bonds is 16. The van der Waals surface area contributed by atoms with Crippen LogP contribution in [0.1, 0.15) is 52.5 Å². The van der Waals surface area contributed by atoms with E-state index in [2.05, 4.69) is 10.3 Å². The first-order chi connectivity index (χ1) is 22.7. The summed E-state index contributed by atoms with van der Waals surface area (Å²) in [6.45, 7) is 9.81. The van der Waals surface area contributed by atoms with Gasteiger partial charge < -0.3 is 29.3 Å². The highest BCUT2D eigenvalue weighted by Crippen LogP contribution is 2.39. The van der Waals surface area contributed by atoms with Crippen molar-refractivity contribution in [1.82, 2.24) is 20.1 Å². The molecule has 0 bridgehead atoms. The number of nitriles is 1. The topological polar surface area (TPSA) is 168 Å². The second-order valence-electron chi connectivity index (χ2n) is 12.0. The maximum absolute atomic E-state index is 13.4. The number of ether oxygens (including phenoxy) is 3. The third-order valence-corrected chi connectivity index (χ3v) is 9.06. The van der Waals surface area contributed by atoms with E-state index in [1.54, 1.807) is 66.9 Å². The van der Waals surface area contributed by atoms with E-state index in [1.807, 2.05) is 6.07 Å². The van der Waals surface area contributed by atoms with Crippen molar-refractivity contribution in [2.24, 2.45) is 5.41 Å². The molecule has 14 heteroatoms. The average Bonchev–Trinajstić information content (AvgIpc) is 3.47.